The number of hydrogen-bond donors (Lipinski definition) is 1. The standard InChI is InChI=1S/C25H31N3O4/c1-18(2)17-22(29)26-23(19-7-5-4-6-8-19)25(31)28-15-13-27(14-16-28)24(30)20-9-11-21(32-3)12-10-20/h4-12,18,23H,13-17H2,1-3H3,(H,26,29). The van der Waals surface area contributed by atoms with Crippen molar-refractivity contribution in [3.8, 4) is 5.75 Å². The second kappa shape index (κ2) is 10.8. The van der Waals surface area contributed by atoms with Crippen LogP contribution in [0.1, 0.15) is 42.2 Å². The average molecular weight is 438 g/mol. The number of methoxy groups -OCH3 is 1. The number of carbonyl (C=O) groups excluding carboxylic acids is 3. The third kappa shape index (κ3) is 5.87. The van der Waals surface area contributed by atoms with Gasteiger partial charge in [-0.25, -0.2) is 0 Å². The van der Waals surface area contributed by atoms with Crippen molar-refractivity contribution in [2.24, 2.45) is 5.92 Å². The first kappa shape index (κ1) is 23.3. The van der Waals surface area contributed by atoms with E-state index in [4.69, 9.17) is 4.74 Å². The molecule has 1 heterocycles. The van der Waals surface area contributed by atoms with Gasteiger partial charge < -0.3 is 19.9 Å². The zero-order valence-electron chi connectivity index (χ0n) is 18.9. The van der Waals surface area contributed by atoms with Crippen molar-refractivity contribution in [3.05, 3.63) is 65.7 Å². The largest absolute Gasteiger partial charge is 0.497 e. The third-order valence-corrected chi connectivity index (χ3v) is 5.49. The van der Waals surface area contributed by atoms with Gasteiger partial charge in [0.15, 0.2) is 0 Å². The van der Waals surface area contributed by atoms with Crippen molar-refractivity contribution in [2.75, 3.05) is 33.3 Å². The molecule has 0 aliphatic carbocycles. The van der Waals surface area contributed by atoms with Gasteiger partial charge in [0.05, 0.1) is 7.11 Å². The smallest absolute Gasteiger partial charge is 0.253 e. The van der Waals surface area contributed by atoms with Crippen LogP contribution in [0.3, 0.4) is 0 Å². The van der Waals surface area contributed by atoms with Gasteiger partial charge in [0.25, 0.3) is 5.91 Å². The molecule has 0 radical (unpaired) electrons. The zero-order valence-corrected chi connectivity index (χ0v) is 18.9. The molecule has 1 saturated heterocycles. The Labute approximate surface area is 189 Å². The molecular formula is C25H31N3O4. The fourth-order valence-electron chi connectivity index (χ4n) is 3.75. The number of carbonyl (C=O) groups is 3. The number of ether oxygens (including phenoxy) is 1. The summed E-state index contributed by atoms with van der Waals surface area (Å²) in [6.45, 7) is 5.67. The molecule has 1 N–H and O–H groups in total. The quantitative estimate of drug-likeness (QED) is 0.723. The molecule has 3 rings (SSSR count). The highest BCUT2D eigenvalue weighted by Crippen LogP contribution is 2.19. The highest BCUT2D eigenvalue weighted by molar-refractivity contribution is 5.94. The Hall–Kier alpha value is -3.35. The summed E-state index contributed by atoms with van der Waals surface area (Å²) in [5, 5.41) is 2.91. The number of rotatable bonds is 7. The predicted molar refractivity (Wildman–Crippen MR) is 122 cm³/mol. The first-order chi connectivity index (χ1) is 15.4. The van der Waals surface area contributed by atoms with Gasteiger partial charge in [0.2, 0.25) is 11.8 Å². The van der Waals surface area contributed by atoms with Crippen LogP contribution in [-0.4, -0.2) is 60.8 Å². The van der Waals surface area contributed by atoms with Gasteiger partial charge in [-0.2, -0.15) is 0 Å². The molecule has 2 aromatic carbocycles. The number of nitrogens with zero attached hydrogens (tertiary/aromatic N) is 2. The minimum absolute atomic E-state index is 0.0652. The first-order valence-electron chi connectivity index (χ1n) is 11.0. The van der Waals surface area contributed by atoms with Gasteiger partial charge in [-0.1, -0.05) is 44.2 Å². The molecule has 7 heteroatoms. The Kier molecular flexibility index (Phi) is 7.87. The van der Waals surface area contributed by atoms with E-state index >= 15 is 0 Å². The minimum Gasteiger partial charge on any atom is -0.497 e. The number of nitrogens with one attached hydrogen (secondary N) is 1. The summed E-state index contributed by atoms with van der Waals surface area (Å²) in [7, 11) is 1.58. The van der Waals surface area contributed by atoms with Crippen LogP contribution in [0.5, 0.6) is 5.75 Å². The molecule has 0 bridgehead atoms. The molecule has 1 aliphatic rings. The van der Waals surface area contributed by atoms with Crippen LogP contribution >= 0.6 is 0 Å². The molecule has 1 unspecified atom stereocenters. The lowest BCUT2D eigenvalue weighted by molar-refractivity contribution is -0.138. The van der Waals surface area contributed by atoms with Gasteiger partial charge in [-0.05, 0) is 35.7 Å². The van der Waals surface area contributed by atoms with Crippen molar-refractivity contribution in [1.29, 1.82) is 0 Å². The maximum absolute atomic E-state index is 13.3. The molecule has 7 nitrogen and oxygen atoms in total. The van der Waals surface area contributed by atoms with E-state index in [1.165, 1.54) is 0 Å². The topological polar surface area (TPSA) is 79.0 Å². The first-order valence-corrected chi connectivity index (χ1v) is 11.0. The van der Waals surface area contributed by atoms with Gasteiger partial charge in [0, 0.05) is 38.2 Å². The normalized spacial score (nSPS) is 14.8. The summed E-state index contributed by atoms with van der Waals surface area (Å²) in [4.78, 5) is 42.0. The fraction of sp³-hybridized carbons (Fsp3) is 0.400. The number of amides is 3. The lowest BCUT2D eigenvalue weighted by atomic mass is 10.0. The van der Waals surface area contributed by atoms with E-state index in [1.807, 2.05) is 44.2 Å². The Bertz CT molecular complexity index is 920. The van der Waals surface area contributed by atoms with Gasteiger partial charge in [-0.3, -0.25) is 14.4 Å². The molecule has 3 amide bonds. The third-order valence-electron chi connectivity index (χ3n) is 5.49. The van der Waals surface area contributed by atoms with Crippen molar-refractivity contribution in [1.82, 2.24) is 15.1 Å². The van der Waals surface area contributed by atoms with Crippen molar-refractivity contribution in [3.63, 3.8) is 0 Å². The van der Waals surface area contributed by atoms with E-state index in [-0.39, 0.29) is 23.6 Å². The number of hydrogen-bond acceptors (Lipinski definition) is 4. The molecule has 0 spiro atoms. The Morgan fingerprint density at radius 2 is 1.50 bits per heavy atom. The van der Waals surface area contributed by atoms with E-state index in [9.17, 15) is 14.4 Å². The van der Waals surface area contributed by atoms with Gasteiger partial charge in [0.1, 0.15) is 11.8 Å². The SMILES string of the molecule is COc1ccc(C(=O)N2CCN(C(=O)C(NC(=O)CC(C)C)c3ccccc3)CC2)cc1. The minimum atomic E-state index is -0.730. The molecule has 1 aliphatic heterocycles. The maximum Gasteiger partial charge on any atom is 0.253 e. The highest BCUT2D eigenvalue weighted by atomic mass is 16.5. The van der Waals surface area contributed by atoms with Crippen LogP contribution in [0.15, 0.2) is 54.6 Å². The van der Waals surface area contributed by atoms with E-state index in [1.54, 1.807) is 41.2 Å². The van der Waals surface area contributed by atoms with E-state index in [0.717, 1.165) is 5.56 Å². The zero-order chi connectivity index (χ0) is 23.1. The Morgan fingerprint density at radius 3 is 2.06 bits per heavy atom. The van der Waals surface area contributed by atoms with Crippen LogP contribution in [-0.2, 0) is 9.59 Å². The van der Waals surface area contributed by atoms with Crippen LogP contribution < -0.4 is 10.1 Å². The molecule has 2 aromatic rings. The molecule has 170 valence electrons. The summed E-state index contributed by atoms with van der Waals surface area (Å²) in [6, 6.07) is 15.6. The summed E-state index contributed by atoms with van der Waals surface area (Å²) in [5.74, 6) is 0.544. The van der Waals surface area contributed by atoms with E-state index in [2.05, 4.69) is 5.32 Å². The van der Waals surface area contributed by atoms with E-state index < -0.39 is 6.04 Å². The van der Waals surface area contributed by atoms with Gasteiger partial charge in [-0.15, -0.1) is 0 Å². The predicted octanol–water partition coefficient (Wildman–Crippen LogP) is 2.88. The van der Waals surface area contributed by atoms with Crippen LogP contribution in [0.2, 0.25) is 0 Å². The number of piperazine rings is 1. The lowest BCUT2D eigenvalue weighted by Crippen LogP contribution is -2.53. The maximum atomic E-state index is 13.3. The second-order valence-electron chi connectivity index (χ2n) is 8.36. The molecular weight excluding hydrogens is 406 g/mol. The van der Waals surface area contributed by atoms with Crippen molar-refractivity contribution >= 4 is 17.7 Å². The number of benzene rings is 2. The fourth-order valence-corrected chi connectivity index (χ4v) is 3.75. The molecule has 1 fully saturated rings. The molecule has 0 saturated carbocycles. The monoisotopic (exact) mass is 437 g/mol. The van der Waals surface area contributed by atoms with Crippen molar-refractivity contribution in [2.45, 2.75) is 26.3 Å². The molecule has 1 atom stereocenters. The van der Waals surface area contributed by atoms with Crippen LogP contribution in [0.4, 0.5) is 0 Å². The molecule has 0 aromatic heterocycles. The molecule has 32 heavy (non-hydrogen) atoms. The average Bonchev–Trinajstić information content (AvgIpc) is 2.82. The highest BCUT2D eigenvalue weighted by Gasteiger charge is 2.31. The Balaban J connectivity index is 1.65. The Morgan fingerprint density at radius 1 is 0.906 bits per heavy atom. The summed E-state index contributed by atoms with van der Waals surface area (Å²) in [6.07, 6.45) is 0.362. The summed E-state index contributed by atoms with van der Waals surface area (Å²) < 4.78 is 5.14. The second-order valence-corrected chi connectivity index (χ2v) is 8.36. The van der Waals surface area contributed by atoms with Crippen LogP contribution in [0.25, 0.3) is 0 Å². The van der Waals surface area contributed by atoms with E-state index in [0.29, 0.717) is 43.9 Å². The summed E-state index contributed by atoms with van der Waals surface area (Å²) >= 11 is 0. The van der Waals surface area contributed by atoms with Crippen molar-refractivity contribution < 1.29 is 19.1 Å². The van der Waals surface area contributed by atoms with Crippen LogP contribution in [0, 0.1) is 5.92 Å². The van der Waals surface area contributed by atoms with Gasteiger partial charge >= 0.3 is 0 Å². The summed E-state index contributed by atoms with van der Waals surface area (Å²) in [5.41, 5.74) is 1.35. The lowest BCUT2D eigenvalue weighted by Gasteiger charge is -2.36.